The Morgan fingerprint density at radius 1 is 1.20 bits per heavy atom. The average molecular weight is 274 g/mol. The predicted molar refractivity (Wildman–Crippen MR) is 79.8 cm³/mol. The molecule has 0 unspecified atom stereocenters. The smallest absolute Gasteiger partial charge is 0.251 e. The van der Waals surface area contributed by atoms with Crippen molar-refractivity contribution >= 4 is 17.5 Å². The van der Waals surface area contributed by atoms with Crippen molar-refractivity contribution in [3.05, 3.63) is 29.8 Å². The number of carbonyl (C=O) groups is 2. The lowest BCUT2D eigenvalue weighted by Crippen LogP contribution is -2.36. The van der Waals surface area contributed by atoms with Gasteiger partial charge >= 0.3 is 0 Å². The molecular weight excluding hydrogens is 252 g/mol. The van der Waals surface area contributed by atoms with E-state index in [9.17, 15) is 9.59 Å². The molecule has 0 spiro atoms. The highest BCUT2D eigenvalue weighted by atomic mass is 16.2. The summed E-state index contributed by atoms with van der Waals surface area (Å²) in [5.41, 5.74) is 1.51. The zero-order valence-corrected chi connectivity index (χ0v) is 12.3. The fourth-order valence-electron chi connectivity index (χ4n) is 2.17. The first kappa shape index (κ1) is 14.6. The van der Waals surface area contributed by atoms with Crippen LogP contribution in [-0.4, -0.2) is 24.4 Å². The molecule has 1 atom stereocenters. The first-order valence-corrected chi connectivity index (χ1v) is 7.20. The van der Waals surface area contributed by atoms with Gasteiger partial charge in [-0.2, -0.15) is 0 Å². The molecule has 1 fully saturated rings. The Morgan fingerprint density at radius 3 is 2.35 bits per heavy atom. The molecule has 1 saturated heterocycles. The number of nitrogens with zero attached hydrogens (tertiary/aromatic N) is 1. The number of nitrogens with one attached hydrogen (secondary N) is 1. The molecule has 0 bridgehead atoms. The van der Waals surface area contributed by atoms with Crippen molar-refractivity contribution in [3.8, 4) is 0 Å². The van der Waals surface area contributed by atoms with Crippen molar-refractivity contribution in [2.75, 3.05) is 11.4 Å². The summed E-state index contributed by atoms with van der Waals surface area (Å²) in [7, 11) is 0. The zero-order chi connectivity index (χ0) is 14.7. The van der Waals surface area contributed by atoms with E-state index in [4.69, 9.17) is 0 Å². The minimum absolute atomic E-state index is 0.0644. The molecule has 20 heavy (non-hydrogen) atoms. The van der Waals surface area contributed by atoms with Gasteiger partial charge in [-0.25, -0.2) is 0 Å². The van der Waals surface area contributed by atoms with Crippen molar-refractivity contribution in [2.45, 2.75) is 39.7 Å². The summed E-state index contributed by atoms with van der Waals surface area (Å²) >= 11 is 0. The first-order valence-electron chi connectivity index (χ1n) is 7.20. The van der Waals surface area contributed by atoms with Gasteiger partial charge in [0, 0.05) is 30.3 Å². The Bertz CT molecular complexity index is 494. The van der Waals surface area contributed by atoms with Crippen LogP contribution in [-0.2, 0) is 4.79 Å². The quantitative estimate of drug-likeness (QED) is 0.917. The first-order chi connectivity index (χ1) is 9.49. The van der Waals surface area contributed by atoms with Crippen LogP contribution < -0.4 is 10.2 Å². The van der Waals surface area contributed by atoms with Crippen LogP contribution >= 0.6 is 0 Å². The summed E-state index contributed by atoms with van der Waals surface area (Å²) in [4.78, 5) is 25.5. The van der Waals surface area contributed by atoms with Gasteiger partial charge in [-0.1, -0.05) is 13.8 Å². The molecule has 2 amide bonds. The molecule has 0 radical (unpaired) electrons. The minimum atomic E-state index is -0.0644. The van der Waals surface area contributed by atoms with Gasteiger partial charge in [0.25, 0.3) is 5.91 Å². The standard InChI is InChI=1S/C16H22N2O2/c1-11(2)12(3)17-16(20)13-6-8-14(9-7-13)18-10-4-5-15(18)19/h6-9,11-12H,4-5,10H2,1-3H3,(H,17,20)/t12-/m0/s1. The molecule has 1 aromatic rings. The monoisotopic (exact) mass is 274 g/mol. The van der Waals surface area contributed by atoms with Crippen LogP contribution in [0.15, 0.2) is 24.3 Å². The third kappa shape index (κ3) is 3.18. The van der Waals surface area contributed by atoms with E-state index < -0.39 is 0 Å². The predicted octanol–water partition coefficient (Wildman–Crippen LogP) is 2.59. The van der Waals surface area contributed by atoms with Crippen molar-refractivity contribution in [3.63, 3.8) is 0 Å². The molecule has 1 aliphatic heterocycles. The summed E-state index contributed by atoms with van der Waals surface area (Å²) in [6.07, 6.45) is 1.53. The summed E-state index contributed by atoms with van der Waals surface area (Å²) in [6, 6.07) is 7.39. The van der Waals surface area contributed by atoms with Gasteiger partial charge < -0.3 is 10.2 Å². The highest BCUT2D eigenvalue weighted by molar-refractivity contribution is 5.97. The molecule has 1 heterocycles. The molecule has 108 valence electrons. The summed E-state index contributed by atoms with van der Waals surface area (Å²) < 4.78 is 0. The molecule has 4 heteroatoms. The van der Waals surface area contributed by atoms with Crippen LogP contribution in [0.5, 0.6) is 0 Å². The lowest BCUT2D eigenvalue weighted by atomic mass is 10.1. The van der Waals surface area contributed by atoms with Crippen molar-refractivity contribution in [1.82, 2.24) is 5.32 Å². The van der Waals surface area contributed by atoms with Gasteiger partial charge in [0.05, 0.1) is 0 Å². The maximum Gasteiger partial charge on any atom is 0.251 e. The van der Waals surface area contributed by atoms with Crippen LogP contribution in [0.3, 0.4) is 0 Å². The molecule has 2 rings (SSSR count). The summed E-state index contributed by atoms with van der Waals surface area (Å²) in [5, 5.41) is 2.97. The second-order valence-corrected chi connectivity index (χ2v) is 5.70. The summed E-state index contributed by atoms with van der Waals surface area (Å²) in [6.45, 7) is 6.93. The van der Waals surface area contributed by atoms with E-state index in [0.29, 0.717) is 17.9 Å². The van der Waals surface area contributed by atoms with Crippen molar-refractivity contribution in [2.24, 2.45) is 5.92 Å². The van der Waals surface area contributed by atoms with Gasteiger partial charge in [-0.15, -0.1) is 0 Å². The number of rotatable bonds is 4. The molecular formula is C16H22N2O2. The van der Waals surface area contributed by atoms with Crippen LogP contribution in [0, 0.1) is 5.92 Å². The van der Waals surface area contributed by atoms with Crippen molar-refractivity contribution in [1.29, 1.82) is 0 Å². The van der Waals surface area contributed by atoms with Crippen LogP contribution in [0.4, 0.5) is 5.69 Å². The highest BCUT2D eigenvalue weighted by Crippen LogP contribution is 2.21. The molecule has 4 nitrogen and oxygen atoms in total. The van der Waals surface area contributed by atoms with Crippen LogP contribution in [0.1, 0.15) is 44.0 Å². The van der Waals surface area contributed by atoms with E-state index in [1.165, 1.54) is 0 Å². The Hall–Kier alpha value is -1.84. The second-order valence-electron chi connectivity index (χ2n) is 5.70. The highest BCUT2D eigenvalue weighted by Gasteiger charge is 2.21. The number of anilines is 1. The number of hydrogen-bond donors (Lipinski definition) is 1. The average Bonchev–Trinajstić information content (AvgIpc) is 2.85. The van der Waals surface area contributed by atoms with Gasteiger partial charge in [-0.05, 0) is 43.5 Å². The molecule has 0 aromatic heterocycles. The van der Waals surface area contributed by atoms with Crippen LogP contribution in [0.2, 0.25) is 0 Å². The van der Waals surface area contributed by atoms with E-state index >= 15 is 0 Å². The normalized spacial score (nSPS) is 16.6. The lowest BCUT2D eigenvalue weighted by Gasteiger charge is -2.18. The summed E-state index contributed by atoms with van der Waals surface area (Å²) in [5.74, 6) is 0.501. The Balaban J connectivity index is 2.04. The van der Waals surface area contributed by atoms with Crippen molar-refractivity contribution < 1.29 is 9.59 Å². The lowest BCUT2D eigenvalue weighted by molar-refractivity contribution is -0.117. The molecule has 0 aliphatic carbocycles. The third-order valence-corrected chi connectivity index (χ3v) is 3.87. The Labute approximate surface area is 120 Å². The third-order valence-electron chi connectivity index (χ3n) is 3.87. The van der Waals surface area contributed by atoms with E-state index in [2.05, 4.69) is 19.2 Å². The number of benzene rings is 1. The molecule has 0 saturated carbocycles. The minimum Gasteiger partial charge on any atom is -0.349 e. The van der Waals surface area contributed by atoms with E-state index in [-0.39, 0.29) is 17.9 Å². The SMILES string of the molecule is CC(C)[C@H](C)NC(=O)c1ccc(N2CCCC2=O)cc1. The Morgan fingerprint density at radius 2 is 1.85 bits per heavy atom. The topological polar surface area (TPSA) is 49.4 Å². The maximum atomic E-state index is 12.1. The molecule has 1 aliphatic rings. The molecule has 1 aromatic carbocycles. The van der Waals surface area contributed by atoms with Gasteiger partial charge in [0.15, 0.2) is 0 Å². The second kappa shape index (κ2) is 6.07. The van der Waals surface area contributed by atoms with Gasteiger partial charge in [-0.3, -0.25) is 9.59 Å². The van der Waals surface area contributed by atoms with E-state index in [1.807, 2.05) is 19.1 Å². The fraction of sp³-hybridized carbons (Fsp3) is 0.500. The van der Waals surface area contributed by atoms with Gasteiger partial charge in [0.1, 0.15) is 0 Å². The Kier molecular flexibility index (Phi) is 4.42. The van der Waals surface area contributed by atoms with E-state index in [0.717, 1.165) is 18.7 Å². The van der Waals surface area contributed by atoms with E-state index in [1.54, 1.807) is 17.0 Å². The number of amides is 2. The fourth-order valence-corrected chi connectivity index (χ4v) is 2.17. The molecule has 1 N–H and O–H groups in total. The van der Waals surface area contributed by atoms with Gasteiger partial charge in [0.2, 0.25) is 5.91 Å². The van der Waals surface area contributed by atoms with Crippen LogP contribution in [0.25, 0.3) is 0 Å². The number of hydrogen-bond acceptors (Lipinski definition) is 2. The largest absolute Gasteiger partial charge is 0.349 e. The number of carbonyl (C=O) groups excluding carboxylic acids is 2. The maximum absolute atomic E-state index is 12.1. The zero-order valence-electron chi connectivity index (χ0n) is 12.3.